The SMILES string of the molecule is CCOc1ccccc1Oc1ccccc1C(=O)N(C)CCC(=O)O. The summed E-state index contributed by atoms with van der Waals surface area (Å²) in [5.41, 5.74) is 0.363. The van der Waals surface area contributed by atoms with Crippen molar-refractivity contribution in [2.24, 2.45) is 0 Å². The summed E-state index contributed by atoms with van der Waals surface area (Å²) in [6.07, 6.45) is -0.113. The van der Waals surface area contributed by atoms with Gasteiger partial charge in [0, 0.05) is 13.6 Å². The van der Waals surface area contributed by atoms with Gasteiger partial charge in [0.25, 0.3) is 5.91 Å². The maximum absolute atomic E-state index is 12.6. The number of ether oxygens (including phenoxy) is 2. The summed E-state index contributed by atoms with van der Waals surface area (Å²) in [6, 6.07) is 14.1. The molecule has 0 aromatic heterocycles. The molecule has 0 atom stereocenters. The first-order chi connectivity index (χ1) is 12.0. The van der Waals surface area contributed by atoms with Crippen LogP contribution in [0.15, 0.2) is 48.5 Å². The van der Waals surface area contributed by atoms with Crippen LogP contribution in [-0.4, -0.2) is 42.1 Å². The topological polar surface area (TPSA) is 76.1 Å². The van der Waals surface area contributed by atoms with Crippen molar-refractivity contribution < 1.29 is 24.2 Å². The van der Waals surface area contributed by atoms with Crippen LogP contribution in [0.4, 0.5) is 0 Å². The molecule has 0 spiro atoms. The molecule has 0 bridgehead atoms. The highest BCUT2D eigenvalue weighted by atomic mass is 16.5. The van der Waals surface area contributed by atoms with E-state index in [0.29, 0.717) is 29.4 Å². The number of carbonyl (C=O) groups excluding carboxylic acids is 1. The van der Waals surface area contributed by atoms with Crippen LogP contribution in [0.25, 0.3) is 0 Å². The molecule has 2 rings (SSSR count). The van der Waals surface area contributed by atoms with Crippen molar-refractivity contribution in [2.75, 3.05) is 20.2 Å². The molecule has 0 aliphatic heterocycles. The van der Waals surface area contributed by atoms with Crippen LogP contribution in [0.3, 0.4) is 0 Å². The number of carboxylic acid groups (broad SMARTS) is 1. The molecule has 0 heterocycles. The highest BCUT2D eigenvalue weighted by molar-refractivity contribution is 5.97. The van der Waals surface area contributed by atoms with Gasteiger partial charge in [0.1, 0.15) is 5.75 Å². The van der Waals surface area contributed by atoms with E-state index in [4.69, 9.17) is 14.6 Å². The summed E-state index contributed by atoms with van der Waals surface area (Å²) in [5.74, 6) is 0.242. The zero-order chi connectivity index (χ0) is 18.2. The Morgan fingerprint density at radius 3 is 2.24 bits per heavy atom. The highest BCUT2D eigenvalue weighted by Gasteiger charge is 2.18. The van der Waals surface area contributed by atoms with Crippen LogP contribution in [0.1, 0.15) is 23.7 Å². The lowest BCUT2D eigenvalue weighted by molar-refractivity contribution is -0.137. The number of benzene rings is 2. The lowest BCUT2D eigenvalue weighted by atomic mass is 10.1. The summed E-state index contributed by atoms with van der Waals surface area (Å²) in [7, 11) is 1.57. The number of hydrogen-bond donors (Lipinski definition) is 1. The van der Waals surface area contributed by atoms with Gasteiger partial charge in [0.15, 0.2) is 11.5 Å². The summed E-state index contributed by atoms with van der Waals surface area (Å²) >= 11 is 0. The molecule has 0 aliphatic rings. The summed E-state index contributed by atoms with van der Waals surface area (Å²) in [6.45, 7) is 2.50. The predicted molar refractivity (Wildman–Crippen MR) is 93.3 cm³/mol. The summed E-state index contributed by atoms with van der Waals surface area (Å²) in [4.78, 5) is 24.7. The molecule has 132 valence electrons. The lowest BCUT2D eigenvalue weighted by Gasteiger charge is -2.19. The van der Waals surface area contributed by atoms with Crippen molar-refractivity contribution in [3.8, 4) is 17.2 Å². The van der Waals surface area contributed by atoms with Crippen molar-refractivity contribution in [1.29, 1.82) is 0 Å². The smallest absolute Gasteiger partial charge is 0.305 e. The maximum atomic E-state index is 12.6. The van der Waals surface area contributed by atoms with Crippen LogP contribution in [-0.2, 0) is 4.79 Å². The van der Waals surface area contributed by atoms with Crippen molar-refractivity contribution in [2.45, 2.75) is 13.3 Å². The molecule has 1 amide bonds. The van der Waals surface area contributed by atoms with E-state index in [1.807, 2.05) is 19.1 Å². The number of carboxylic acids is 1. The Labute approximate surface area is 146 Å². The van der Waals surface area contributed by atoms with Crippen LogP contribution in [0, 0.1) is 0 Å². The van der Waals surface area contributed by atoms with Gasteiger partial charge < -0.3 is 19.5 Å². The van der Waals surface area contributed by atoms with Gasteiger partial charge in [-0.15, -0.1) is 0 Å². The lowest BCUT2D eigenvalue weighted by Crippen LogP contribution is -2.29. The van der Waals surface area contributed by atoms with Gasteiger partial charge in [0.2, 0.25) is 0 Å². The average Bonchev–Trinajstić information content (AvgIpc) is 2.61. The van der Waals surface area contributed by atoms with Gasteiger partial charge in [-0.05, 0) is 31.2 Å². The molecule has 1 N–H and O–H groups in total. The van der Waals surface area contributed by atoms with E-state index in [-0.39, 0.29) is 18.9 Å². The fourth-order valence-electron chi connectivity index (χ4n) is 2.23. The summed E-state index contributed by atoms with van der Waals surface area (Å²) in [5, 5.41) is 8.77. The van der Waals surface area contributed by atoms with Crippen molar-refractivity contribution in [1.82, 2.24) is 4.90 Å². The quantitative estimate of drug-likeness (QED) is 0.795. The van der Waals surface area contributed by atoms with Gasteiger partial charge in [-0.1, -0.05) is 24.3 Å². The fourth-order valence-corrected chi connectivity index (χ4v) is 2.23. The van der Waals surface area contributed by atoms with E-state index in [2.05, 4.69) is 0 Å². The van der Waals surface area contributed by atoms with Gasteiger partial charge in [-0.3, -0.25) is 9.59 Å². The molecule has 0 saturated heterocycles. The van der Waals surface area contributed by atoms with Crippen LogP contribution >= 0.6 is 0 Å². The number of nitrogens with zero attached hydrogens (tertiary/aromatic N) is 1. The maximum Gasteiger partial charge on any atom is 0.305 e. The van der Waals surface area contributed by atoms with Gasteiger partial charge in [0.05, 0.1) is 18.6 Å². The third-order valence-corrected chi connectivity index (χ3v) is 3.49. The number of hydrogen-bond acceptors (Lipinski definition) is 4. The number of rotatable bonds is 8. The molecular formula is C19H21NO5. The number of carbonyl (C=O) groups is 2. The molecule has 25 heavy (non-hydrogen) atoms. The first-order valence-electron chi connectivity index (χ1n) is 7.99. The van der Waals surface area contributed by atoms with E-state index >= 15 is 0 Å². The molecule has 6 heteroatoms. The Balaban J connectivity index is 2.23. The minimum Gasteiger partial charge on any atom is -0.490 e. The molecule has 0 unspecified atom stereocenters. The second-order valence-electron chi connectivity index (χ2n) is 5.35. The van der Waals surface area contributed by atoms with Crippen LogP contribution < -0.4 is 9.47 Å². The zero-order valence-corrected chi connectivity index (χ0v) is 14.3. The Morgan fingerprint density at radius 2 is 1.60 bits per heavy atom. The minimum atomic E-state index is -0.949. The van der Waals surface area contributed by atoms with Crippen molar-refractivity contribution >= 4 is 11.9 Å². The van der Waals surface area contributed by atoms with Gasteiger partial charge >= 0.3 is 5.97 Å². The number of para-hydroxylation sites is 3. The van der Waals surface area contributed by atoms with E-state index in [9.17, 15) is 9.59 Å². The van der Waals surface area contributed by atoms with Crippen molar-refractivity contribution in [3.63, 3.8) is 0 Å². The molecule has 2 aromatic rings. The van der Waals surface area contributed by atoms with Crippen molar-refractivity contribution in [3.05, 3.63) is 54.1 Å². The van der Waals surface area contributed by atoms with Crippen LogP contribution in [0.5, 0.6) is 17.2 Å². The molecule has 0 aliphatic carbocycles. The Morgan fingerprint density at radius 1 is 1.00 bits per heavy atom. The first-order valence-corrected chi connectivity index (χ1v) is 7.99. The number of amides is 1. The minimum absolute atomic E-state index is 0.113. The molecule has 6 nitrogen and oxygen atoms in total. The standard InChI is InChI=1S/C19H21NO5/c1-3-24-16-10-6-7-11-17(16)25-15-9-5-4-8-14(15)19(23)20(2)13-12-18(21)22/h4-11H,3,12-13H2,1-2H3,(H,21,22). The van der Waals surface area contributed by atoms with E-state index in [1.165, 1.54) is 4.90 Å². The van der Waals surface area contributed by atoms with E-state index in [0.717, 1.165) is 0 Å². The molecule has 2 aromatic carbocycles. The Kier molecular flexibility index (Phi) is 6.39. The Bertz CT molecular complexity index is 744. The third-order valence-electron chi connectivity index (χ3n) is 3.49. The Hall–Kier alpha value is -3.02. The highest BCUT2D eigenvalue weighted by Crippen LogP contribution is 2.33. The fraction of sp³-hybridized carbons (Fsp3) is 0.263. The number of aliphatic carboxylic acids is 1. The third kappa shape index (κ3) is 4.97. The normalized spacial score (nSPS) is 10.2. The molecule has 0 saturated carbocycles. The van der Waals surface area contributed by atoms with E-state index < -0.39 is 5.97 Å². The molecule has 0 radical (unpaired) electrons. The second-order valence-corrected chi connectivity index (χ2v) is 5.35. The monoisotopic (exact) mass is 343 g/mol. The largest absolute Gasteiger partial charge is 0.490 e. The average molecular weight is 343 g/mol. The van der Waals surface area contributed by atoms with Gasteiger partial charge in [-0.2, -0.15) is 0 Å². The molecule has 0 fully saturated rings. The molecular weight excluding hydrogens is 322 g/mol. The van der Waals surface area contributed by atoms with Crippen LogP contribution in [0.2, 0.25) is 0 Å². The summed E-state index contributed by atoms with van der Waals surface area (Å²) < 4.78 is 11.4. The van der Waals surface area contributed by atoms with Gasteiger partial charge in [-0.25, -0.2) is 0 Å². The zero-order valence-electron chi connectivity index (χ0n) is 14.3. The second kappa shape index (κ2) is 8.73. The predicted octanol–water partition coefficient (Wildman–Crippen LogP) is 3.42. The first kappa shape index (κ1) is 18.3. The van der Waals surface area contributed by atoms with E-state index in [1.54, 1.807) is 43.4 Å².